The van der Waals surface area contributed by atoms with E-state index in [9.17, 15) is 18.0 Å². The van der Waals surface area contributed by atoms with Gasteiger partial charge >= 0.3 is 6.36 Å². The Morgan fingerprint density at radius 1 is 1.12 bits per heavy atom. The van der Waals surface area contributed by atoms with Crippen LogP contribution in [0.1, 0.15) is 15.9 Å². The monoisotopic (exact) mass is 461 g/mol. The quantitative estimate of drug-likeness (QED) is 0.359. The molecule has 0 unspecified atom stereocenters. The van der Waals surface area contributed by atoms with E-state index in [1.807, 2.05) is 12.1 Å². The highest BCUT2D eigenvalue weighted by molar-refractivity contribution is 6.31. The first-order valence-corrected chi connectivity index (χ1v) is 9.64. The van der Waals surface area contributed by atoms with Crippen LogP contribution in [0, 0.1) is 0 Å². The fraction of sp³-hybridized carbons (Fsp3) is 0.0952. The van der Waals surface area contributed by atoms with Crippen LogP contribution in [0.5, 0.6) is 5.75 Å². The predicted molar refractivity (Wildman–Crippen MR) is 114 cm³/mol. The minimum absolute atomic E-state index is 0.174. The van der Waals surface area contributed by atoms with Crippen LogP contribution in [0.2, 0.25) is 5.02 Å². The third kappa shape index (κ3) is 5.09. The summed E-state index contributed by atoms with van der Waals surface area (Å²) in [6, 6.07) is 9.99. The number of benzene rings is 1. The van der Waals surface area contributed by atoms with Gasteiger partial charge < -0.3 is 20.4 Å². The van der Waals surface area contributed by atoms with Crippen LogP contribution >= 0.6 is 11.6 Å². The fourth-order valence-corrected chi connectivity index (χ4v) is 3.20. The van der Waals surface area contributed by atoms with Crippen LogP contribution in [0.15, 0.2) is 61.1 Å². The number of ether oxygens (including phenoxy) is 1. The largest absolute Gasteiger partial charge is 0.573 e. The van der Waals surface area contributed by atoms with Crippen molar-refractivity contribution in [3.63, 3.8) is 0 Å². The van der Waals surface area contributed by atoms with E-state index in [1.54, 1.807) is 12.4 Å². The molecule has 4 aromatic rings. The number of hydrogen-bond donors (Lipinski definition) is 3. The lowest BCUT2D eigenvalue weighted by molar-refractivity contribution is -0.274. The smallest absolute Gasteiger partial charge is 0.406 e. The third-order valence-corrected chi connectivity index (χ3v) is 4.65. The molecule has 11 heteroatoms. The molecule has 3 N–H and O–H groups in total. The molecule has 0 fully saturated rings. The first kappa shape index (κ1) is 21.4. The van der Waals surface area contributed by atoms with Gasteiger partial charge in [-0.25, -0.2) is 9.97 Å². The SMILES string of the molecule is O=C(Nc1ccc(OC(F)(F)F)cc1)c1cc(Cl)cnc1NCc1ccnc2[nH]ccc12. The standard InChI is InChI=1S/C21H15ClF3N5O2/c22-13-9-17(20(31)30-14-1-3-15(4-2-14)32-21(23,24)25)19(29-11-13)28-10-12-5-7-26-18-16(12)6-8-27-18/h1-9,11H,10H2,(H,26,27)(H,28,29)(H,30,31). The van der Waals surface area contributed by atoms with E-state index >= 15 is 0 Å². The molecule has 0 aliphatic rings. The Balaban J connectivity index is 1.50. The maximum atomic E-state index is 12.8. The zero-order valence-electron chi connectivity index (χ0n) is 16.2. The molecule has 0 saturated heterocycles. The second-order valence-electron chi connectivity index (χ2n) is 6.64. The Labute approximate surface area is 184 Å². The van der Waals surface area contributed by atoms with Crippen molar-refractivity contribution >= 4 is 40.0 Å². The van der Waals surface area contributed by atoms with Gasteiger partial charge in [-0.15, -0.1) is 13.2 Å². The summed E-state index contributed by atoms with van der Waals surface area (Å²) in [5, 5.41) is 6.92. The number of fused-ring (bicyclic) bond motifs is 1. The molecule has 0 atom stereocenters. The van der Waals surface area contributed by atoms with E-state index in [0.717, 1.165) is 28.7 Å². The van der Waals surface area contributed by atoms with Crippen LogP contribution in [-0.2, 0) is 6.54 Å². The van der Waals surface area contributed by atoms with Crippen LogP contribution in [0.4, 0.5) is 24.7 Å². The van der Waals surface area contributed by atoms with Crippen molar-refractivity contribution in [1.82, 2.24) is 15.0 Å². The second kappa shape index (κ2) is 8.75. The Bertz CT molecular complexity index is 1260. The Kier molecular flexibility index (Phi) is 5.87. The van der Waals surface area contributed by atoms with E-state index in [0.29, 0.717) is 12.4 Å². The molecular weight excluding hydrogens is 447 g/mol. The van der Waals surface area contributed by atoms with Crippen LogP contribution in [0.25, 0.3) is 11.0 Å². The summed E-state index contributed by atoms with van der Waals surface area (Å²) in [6.07, 6.45) is 0.0669. The number of alkyl halides is 3. The lowest BCUT2D eigenvalue weighted by atomic mass is 10.1. The molecule has 1 aromatic carbocycles. The number of halogens is 4. The van der Waals surface area contributed by atoms with E-state index < -0.39 is 18.0 Å². The van der Waals surface area contributed by atoms with Gasteiger partial charge in [0.1, 0.15) is 17.2 Å². The predicted octanol–water partition coefficient (Wildman–Crippen LogP) is 5.37. The van der Waals surface area contributed by atoms with Crippen molar-refractivity contribution in [3.8, 4) is 5.75 Å². The van der Waals surface area contributed by atoms with Crippen LogP contribution in [-0.4, -0.2) is 27.2 Å². The van der Waals surface area contributed by atoms with E-state index in [-0.39, 0.29) is 16.3 Å². The molecule has 0 aliphatic carbocycles. The number of aromatic nitrogens is 3. The number of aromatic amines is 1. The molecule has 164 valence electrons. The molecule has 0 bridgehead atoms. The highest BCUT2D eigenvalue weighted by atomic mass is 35.5. The van der Waals surface area contributed by atoms with Gasteiger partial charge in [0, 0.05) is 36.2 Å². The summed E-state index contributed by atoms with van der Waals surface area (Å²) >= 11 is 6.02. The van der Waals surface area contributed by atoms with E-state index in [4.69, 9.17) is 11.6 Å². The minimum atomic E-state index is -4.79. The number of rotatable bonds is 6. The fourth-order valence-electron chi connectivity index (χ4n) is 3.04. The Morgan fingerprint density at radius 2 is 1.91 bits per heavy atom. The number of carbonyl (C=O) groups excluding carboxylic acids is 1. The molecule has 0 radical (unpaired) electrons. The number of pyridine rings is 2. The highest BCUT2D eigenvalue weighted by Gasteiger charge is 2.31. The average Bonchev–Trinajstić information content (AvgIpc) is 3.22. The van der Waals surface area contributed by atoms with Crippen molar-refractivity contribution in [2.24, 2.45) is 0 Å². The summed E-state index contributed by atoms with van der Waals surface area (Å²) in [5.74, 6) is -0.631. The molecule has 0 aliphatic heterocycles. The molecule has 7 nitrogen and oxygen atoms in total. The highest BCUT2D eigenvalue weighted by Crippen LogP contribution is 2.25. The molecule has 3 aromatic heterocycles. The summed E-state index contributed by atoms with van der Waals surface area (Å²) in [5.41, 5.74) is 2.13. The molecule has 0 spiro atoms. The lowest BCUT2D eigenvalue weighted by Gasteiger charge is -2.13. The number of hydrogen-bond acceptors (Lipinski definition) is 5. The van der Waals surface area contributed by atoms with Crippen molar-refractivity contribution in [1.29, 1.82) is 0 Å². The number of H-pyrrole nitrogens is 1. The number of carbonyl (C=O) groups is 1. The summed E-state index contributed by atoms with van der Waals surface area (Å²) < 4.78 is 40.7. The maximum absolute atomic E-state index is 12.8. The maximum Gasteiger partial charge on any atom is 0.573 e. The van der Waals surface area contributed by atoms with Crippen molar-refractivity contribution in [3.05, 3.63) is 77.2 Å². The van der Waals surface area contributed by atoms with Gasteiger partial charge in [0.15, 0.2) is 0 Å². The zero-order valence-corrected chi connectivity index (χ0v) is 17.0. The van der Waals surface area contributed by atoms with Gasteiger partial charge in [-0.2, -0.15) is 0 Å². The van der Waals surface area contributed by atoms with Crippen molar-refractivity contribution in [2.75, 3.05) is 10.6 Å². The van der Waals surface area contributed by atoms with Crippen molar-refractivity contribution < 1.29 is 22.7 Å². The Morgan fingerprint density at radius 3 is 2.66 bits per heavy atom. The van der Waals surface area contributed by atoms with Crippen molar-refractivity contribution in [2.45, 2.75) is 12.9 Å². The molecule has 1 amide bonds. The van der Waals surface area contributed by atoms with Gasteiger partial charge in [-0.1, -0.05) is 11.6 Å². The number of anilines is 2. The molecule has 32 heavy (non-hydrogen) atoms. The number of amides is 1. The van der Waals surface area contributed by atoms with E-state index in [1.165, 1.54) is 24.4 Å². The summed E-state index contributed by atoms with van der Waals surface area (Å²) in [4.78, 5) is 24.3. The second-order valence-corrected chi connectivity index (χ2v) is 7.08. The number of nitrogens with zero attached hydrogens (tertiary/aromatic N) is 2. The molecule has 3 heterocycles. The topological polar surface area (TPSA) is 91.9 Å². The number of nitrogens with one attached hydrogen (secondary N) is 3. The molecule has 4 rings (SSSR count). The summed E-state index contributed by atoms with van der Waals surface area (Å²) in [6.45, 7) is 0.370. The minimum Gasteiger partial charge on any atom is -0.406 e. The third-order valence-electron chi connectivity index (χ3n) is 4.44. The van der Waals surface area contributed by atoms with E-state index in [2.05, 4.69) is 30.3 Å². The first-order chi connectivity index (χ1) is 15.3. The summed E-state index contributed by atoms with van der Waals surface area (Å²) in [7, 11) is 0. The first-order valence-electron chi connectivity index (χ1n) is 9.26. The zero-order chi connectivity index (χ0) is 22.7. The van der Waals surface area contributed by atoms with Gasteiger partial charge in [0.2, 0.25) is 0 Å². The molecular formula is C21H15ClF3N5O2. The van der Waals surface area contributed by atoms with Gasteiger partial charge in [0.05, 0.1) is 10.6 Å². The van der Waals surface area contributed by atoms with Crippen LogP contribution < -0.4 is 15.4 Å². The lowest BCUT2D eigenvalue weighted by Crippen LogP contribution is -2.17. The van der Waals surface area contributed by atoms with Gasteiger partial charge in [0.25, 0.3) is 5.91 Å². The Hall–Kier alpha value is -3.79. The average molecular weight is 462 g/mol. The van der Waals surface area contributed by atoms with Crippen LogP contribution in [0.3, 0.4) is 0 Å². The molecule has 0 saturated carbocycles. The van der Waals surface area contributed by atoms with Gasteiger partial charge in [-0.3, -0.25) is 4.79 Å². The normalized spacial score (nSPS) is 11.4. The van der Waals surface area contributed by atoms with Gasteiger partial charge in [-0.05, 0) is 48.0 Å².